The topological polar surface area (TPSA) is 24.5 Å². The van der Waals surface area contributed by atoms with Crippen molar-refractivity contribution in [2.45, 2.75) is 52.2 Å². The number of nitrogens with one attached hydrogen (secondary N) is 1. The van der Waals surface area contributed by atoms with Gasteiger partial charge in [-0.05, 0) is 54.3 Å². The highest BCUT2D eigenvalue weighted by Crippen LogP contribution is 2.01. The highest BCUT2D eigenvalue weighted by Gasteiger charge is 2.01. The quantitative estimate of drug-likeness (QED) is 0.582. The van der Waals surface area contributed by atoms with Gasteiger partial charge in [-0.2, -0.15) is 0 Å². The third-order valence-corrected chi connectivity index (χ3v) is 2.84. The molecule has 1 N–H and O–H groups in total. The van der Waals surface area contributed by atoms with Crippen LogP contribution in [0.15, 0.2) is 0 Å². The average Bonchev–Trinajstić information content (AvgIpc) is 2.23. The molecular weight excluding hydrogens is 200 g/mol. The third-order valence-electron chi connectivity index (χ3n) is 2.84. The van der Waals surface area contributed by atoms with Crippen LogP contribution in [-0.4, -0.2) is 50.8 Å². The Bertz CT molecular complexity index is 151. The van der Waals surface area contributed by atoms with E-state index < -0.39 is 0 Å². The van der Waals surface area contributed by atoms with Crippen LogP contribution in [0.3, 0.4) is 0 Å². The van der Waals surface area contributed by atoms with Crippen LogP contribution in [0.4, 0.5) is 0 Å². The summed E-state index contributed by atoms with van der Waals surface area (Å²) in [6, 6.07) is 0.648. The molecule has 0 aromatic carbocycles. The maximum absolute atomic E-state index is 5.52. The van der Waals surface area contributed by atoms with Gasteiger partial charge in [-0.3, -0.25) is 0 Å². The maximum Gasteiger partial charge on any atom is 0.0596 e. The second-order valence-corrected chi connectivity index (χ2v) is 4.91. The number of hydrogen-bond donors (Lipinski definition) is 1. The summed E-state index contributed by atoms with van der Waals surface area (Å²) in [7, 11) is 4.20. The van der Waals surface area contributed by atoms with Crippen molar-refractivity contribution in [2.24, 2.45) is 0 Å². The van der Waals surface area contributed by atoms with Crippen molar-refractivity contribution in [2.75, 3.05) is 33.8 Å². The maximum atomic E-state index is 5.52. The SMILES string of the molecule is CNC(C)CCCCN(C)CCOC(C)C. The minimum absolute atomic E-state index is 0.352. The van der Waals surface area contributed by atoms with E-state index in [0.29, 0.717) is 12.1 Å². The van der Waals surface area contributed by atoms with E-state index >= 15 is 0 Å². The highest BCUT2D eigenvalue weighted by atomic mass is 16.5. The number of unbranched alkanes of at least 4 members (excludes halogenated alkanes) is 1. The Balaban J connectivity index is 3.26. The van der Waals surface area contributed by atoms with Gasteiger partial charge in [-0.1, -0.05) is 6.42 Å². The molecule has 0 saturated carbocycles. The van der Waals surface area contributed by atoms with Crippen LogP contribution < -0.4 is 5.32 Å². The molecule has 0 heterocycles. The van der Waals surface area contributed by atoms with Gasteiger partial charge < -0.3 is 15.0 Å². The first-order valence-electron chi connectivity index (χ1n) is 6.53. The molecule has 0 radical (unpaired) electrons. The molecule has 0 aromatic heterocycles. The minimum atomic E-state index is 0.352. The number of ether oxygens (including phenoxy) is 1. The molecule has 1 unspecified atom stereocenters. The fourth-order valence-corrected chi connectivity index (χ4v) is 1.53. The normalized spacial score (nSPS) is 13.7. The van der Waals surface area contributed by atoms with Crippen LogP contribution in [-0.2, 0) is 4.74 Å². The second-order valence-electron chi connectivity index (χ2n) is 4.91. The second kappa shape index (κ2) is 10.1. The first-order valence-corrected chi connectivity index (χ1v) is 6.53. The van der Waals surface area contributed by atoms with Crippen molar-refractivity contribution < 1.29 is 4.74 Å². The summed E-state index contributed by atoms with van der Waals surface area (Å²) in [5.41, 5.74) is 0. The van der Waals surface area contributed by atoms with Crippen LogP contribution in [0.25, 0.3) is 0 Å². The largest absolute Gasteiger partial charge is 0.377 e. The van der Waals surface area contributed by atoms with E-state index in [9.17, 15) is 0 Å². The van der Waals surface area contributed by atoms with Crippen LogP contribution in [0, 0.1) is 0 Å². The van der Waals surface area contributed by atoms with E-state index in [1.54, 1.807) is 0 Å². The number of hydrogen-bond acceptors (Lipinski definition) is 3. The molecular formula is C13H30N2O. The summed E-state index contributed by atoms with van der Waals surface area (Å²) in [4.78, 5) is 2.35. The monoisotopic (exact) mass is 230 g/mol. The highest BCUT2D eigenvalue weighted by molar-refractivity contribution is 4.58. The van der Waals surface area contributed by atoms with E-state index in [2.05, 4.69) is 38.0 Å². The third kappa shape index (κ3) is 10.4. The molecule has 3 heteroatoms. The van der Waals surface area contributed by atoms with E-state index in [4.69, 9.17) is 4.74 Å². The molecule has 0 aliphatic rings. The Morgan fingerprint density at radius 2 is 1.81 bits per heavy atom. The van der Waals surface area contributed by atoms with Crippen LogP contribution >= 0.6 is 0 Å². The molecule has 0 aromatic rings. The molecule has 16 heavy (non-hydrogen) atoms. The Labute approximate surface area is 102 Å². The van der Waals surface area contributed by atoms with Crippen molar-refractivity contribution >= 4 is 0 Å². The standard InChI is InChI=1S/C13H30N2O/c1-12(2)16-11-10-15(5)9-7-6-8-13(3)14-4/h12-14H,6-11H2,1-5H3. The first-order chi connectivity index (χ1) is 7.56. The predicted molar refractivity (Wildman–Crippen MR) is 71.0 cm³/mol. The van der Waals surface area contributed by atoms with E-state index in [0.717, 1.165) is 13.2 Å². The van der Waals surface area contributed by atoms with Crippen LogP contribution in [0.2, 0.25) is 0 Å². The number of rotatable bonds is 10. The molecule has 98 valence electrons. The van der Waals surface area contributed by atoms with Crippen LogP contribution in [0.5, 0.6) is 0 Å². The molecule has 0 amide bonds. The van der Waals surface area contributed by atoms with Gasteiger partial charge in [0.15, 0.2) is 0 Å². The molecule has 1 atom stereocenters. The molecule has 0 saturated heterocycles. The molecule has 0 aliphatic carbocycles. The van der Waals surface area contributed by atoms with Gasteiger partial charge in [-0.15, -0.1) is 0 Å². The zero-order valence-electron chi connectivity index (χ0n) is 11.8. The molecule has 0 fully saturated rings. The van der Waals surface area contributed by atoms with Gasteiger partial charge in [-0.25, -0.2) is 0 Å². The van der Waals surface area contributed by atoms with E-state index in [-0.39, 0.29) is 0 Å². The molecule has 3 nitrogen and oxygen atoms in total. The summed E-state index contributed by atoms with van der Waals surface area (Å²) in [5, 5.41) is 3.27. The Morgan fingerprint density at radius 1 is 1.12 bits per heavy atom. The molecule has 0 aliphatic heterocycles. The molecule has 0 rings (SSSR count). The molecule has 0 spiro atoms. The van der Waals surface area contributed by atoms with Gasteiger partial charge in [0.25, 0.3) is 0 Å². The van der Waals surface area contributed by atoms with Crippen molar-refractivity contribution in [3.63, 3.8) is 0 Å². The van der Waals surface area contributed by atoms with Gasteiger partial charge in [0.2, 0.25) is 0 Å². The zero-order valence-corrected chi connectivity index (χ0v) is 11.8. The summed E-state index contributed by atoms with van der Waals surface area (Å²) >= 11 is 0. The van der Waals surface area contributed by atoms with Crippen molar-refractivity contribution in [3.8, 4) is 0 Å². The summed E-state index contributed by atoms with van der Waals surface area (Å²) < 4.78 is 5.52. The number of likely N-dealkylation sites (N-methyl/N-ethyl adjacent to an activating group) is 1. The fourth-order valence-electron chi connectivity index (χ4n) is 1.53. The van der Waals surface area contributed by atoms with Crippen molar-refractivity contribution in [3.05, 3.63) is 0 Å². The summed E-state index contributed by atoms with van der Waals surface area (Å²) in [6.07, 6.45) is 4.21. The lowest BCUT2D eigenvalue weighted by Gasteiger charge is -2.18. The lowest BCUT2D eigenvalue weighted by molar-refractivity contribution is 0.0636. The Morgan fingerprint density at radius 3 is 2.38 bits per heavy atom. The minimum Gasteiger partial charge on any atom is -0.377 e. The fraction of sp³-hybridized carbons (Fsp3) is 1.00. The van der Waals surface area contributed by atoms with Crippen molar-refractivity contribution in [1.29, 1.82) is 0 Å². The zero-order chi connectivity index (χ0) is 12.4. The van der Waals surface area contributed by atoms with E-state index in [1.807, 2.05) is 7.05 Å². The van der Waals surface area contributed by atoms with Gasteiger partial charge in [0.05, 0.1) is 12.7 Å². The van der Waals surface area contributed by atoms with Crippen LogP contribution in [0.1, 0.15) is 40.0 Å². The summed E-state index contributed by atoms with van der Waals surface area (Å²) in [6.45, 7) is 9.47. The smallest absolute Gasteiger partial charge is 0.0596 e. The van der Waals surface area contributed by atoms with Gasteiger partial charge in [0, 0.05) is 12.6 Å². The lowest BCUT2D eigenvalue weighted by atomic mass is 10.1. The van der Waals surface area contributed by atoms with Gasteiger partial charge >= 0.3 is 0 Å². The lowest BCUT2D eigenvalue weighted by Crippen LogP contribution is -2.26. The Kier molecular flexibility index (Phi) is 9.99. The summed E-state index contributed by atoms with van der Waals surface area (Å²) in [5.74, 6) is 0. The number of nitrogens with zero attached hydrogens (tertiary/aromatic N) is 1. The molecule has 0 bridgehead atoms. The van der Waals surface area contributed by atoms with E-state index in [1.165, 1.54) is 25.8 Å². The predicted octanol–water partition coefficient (Wildman–Crippen LogP) is 2.12. The first kappa shape index (κ1) is 15.9. The van der Waals surface area contributed by atoms with Gasteiger partial charge in [0.1, 0.15) is 0 Å². The Hall–Kier alpha value is -0.120. The van der Waals surface area contributed by atoms with Crippen molar-refractivity contribution in [1.82, 2.24) is 10.2 Å². The average molecular weight is 230 g/mol.